The van der Waals surface area contributed by atoms with Crippen molar-refractivity contribution in [1.29, 1.82) is 5.26 Å². The fourth-order valence-corrected chi connectivity index (χ4v) is 3.57. The van der Waals surface area contributed by atoms with E-state index >= 15 is 0 Å². The Hall–Kier alpha value is -0.550. The molecule has 0 aromatic heterocycles. The lowest BCUT2D eigenvalue weighted by Gasteiger charge is -2.48. The van der Waals surface area contributed by atoms with Gasteiger partial charge in [-0.15, -0.1) is 0 Å². The van der Waals surface area contributed by atoms with Gasteiger partial charge in [0.15, 0.2) is 0 Å². The first-order valence-electron chi connectivity index (χ1n) is 7.03. The smallest absolute Gasteiger partial charge is 0.0863 e. The van der Waals surface area contributed by atoms with Gasteiger partial charge in [0.1, 0.15) is 0 Å². The van der Waals surface area contributed by atoms with E-state index in [2.05, 4.69) is 19.9 Å². The molecule has 0 saturated heterocycles. The predicted octanol–water partition coefficient (Wildman–Crippen LogP) is 3.65. The Morgan fingerprint density at radius 1 is 1.24 bits per heavy atom. The van der Waals surface area contributed by atoms with Crippen LogP contribution in [0.3, 0.4) is 0 Å². The van der Waals surface area contributed by atoms with E-state index in [1.165, 1.54) is 0 Å². The van der Waals surface area contributed by atoms with Gasteiger partial charge >= 0.3 is 0 Å². The van der Waals surface area contributed by atoms with Crippen molar-refractivity contribution in [2.75, 3.05) is 0 Å². The maximum Gasteiger partial charge on any atom is 0.0863 e. The van der Waals surface area contributed by atoms with Crippen molar-refractivity contribution in [1.82, 2.24) is 0 Å². The number of hydrogen-bond acceptors (Lipinski definition) is 2. The highest BCUT2D eigenvalue weighted by atomic mass is 16.3. The van der Waals surface area contributed by atoms with E-state index in [0.717, 1.165) is 44.9 Å². The standard InChI is InChI=1S/C15H25NO/c1-4-15(17,12-5-6-12)14(11-16)9-7-13(2,3)8-10-14/h12,17H,4-10H2,1-3H3. The second kappa shape index (κ2) is 3.99. The van der Waals surface area contributed by atoms with E-state index in [1.54, 1.807) is 0 Å². The minimum Gasteiger partial charge on any atom is -0.388 e. The van der Waals surface area contributed by atoms with Gasteiger partial charge in [-0.2, -0.15) is 5.26 Å². The van der Waals surface area contributed by atoms with Crippen LogP contribution in [0.1, 0.15) is 65.7 Å². The van der Waals surface area contributed by atoms with Crippen molar-refractivity contribution in [3.8, 4) is 6.07 Å². The summed E-state index contributed by atoms with van der Waals surface area (Å²) in [4.78, 5) is 0. The van der Waals surface area contributed by atoms with E-state index in [0.29, 0.717) is 11.3 Å². The second-order valence-corrected chi connectivity index (χ2v) is 6.91. The molecule has 17 heavy (non-hydrogen) atoms. The molecule has 0 aromatic carbocycles. The fraction of sp³-hybridized carbons (Fsp3) is 0.933. The lowest BCUT2D eigenvalue weighted by Crippen LogP contribution is -2.51. The van der Waals surface area contributed by atoms with Gasteiger partial charge in [0.25, 0.3) is 0 Å². The molecular weight excluding hydrogens is 210 g/mol. The third kappa shape index (κ3) is 1.99. The van der Waals surface area contributed by atoms with E-state index < -0.39 is 11.0 Å². The zero-order chi connectivity index (χ0) is 12.7. The Kier molecular flexibility index (Phi) is 3.02. The van der Waals surface area contributed by atoms with Crippen molar-refractivity contribution in [3.63, 3.8) is 0 Å². The summed E-state index contributed by atoms with van der Waals surface area (Å²) < 4.78 is 0. The Bertz CT molecular complexity index is 327. The van der Waals surface area contributed by atoms with Crippen molar-refractivity contribution in [3.05, 3.63) is 0 Å². The van der Waals surface area contributed by atoms with E-state index in [-0.39, 0.29) is 0 Å². The maximum atomic E-state index is 11.0. The first kappa shape index (κ1) is 12.9. The molecule has 0 heterocycles. The molecule has 1 unspecified atom stereocenters. The molecule has 0 bridgehead atoms. The Morgan fingerprint density at radius 3 is 2.12 bits per heavy atom. The van der Waals surface area contributed by atoms with Crippen LogP contribution in [0.25, 0.3) is 0 Å². The molecule has 2 rings (SSSR count). The first-order valence-corrected chi connectivity index (χ1v) is 7.03. The third-order valence-electron chi connectivity index (χ3n) is 5.29. The monoisotopic (exact) mass is 235 g/mol. The van der Waals surface area contributed by atoms with Crippen LogP contribution in [0.5, 0.6) is 0 Å². The average Bonchev–Trinajstić information content (AvgIpc) is 3.13. The number of hydrogen-bond donors (Lipinski definition) is 1. The Labute approximate surface area is 105 Å². The molecule has 2 heteroatoms. The molecule has 2 saturated carbocycles. The molecule has 1 atom stereocenters. The van der Waals surface area contributed by atoms with Gasteiger partial charge in [-0.3, -0.25) is 0 Å². The summed E-state index contributed by atoms with van der Waals surface area (Å²) in [5, 5.41) is 20.6. The van der Waals surface area contributed by atoms with Gasteiger partial charge < -0.3 is 5.11 Å². The van der Waals surface area contributed by atoms with Gasteiger partial charge in [-0.25, -0.2) is 0 Å². The van der Waals surface area contributed by atoms with Crippen LogP contribution >= 0.6 is 0 Å². The molecule has 2 fully saturated rings. The third-order valence-corrected chi connectivity index (χ3v) is 5.29. The van der Waals surface area contributed by atoms with Crippen LogP contribution in [-0.4, -0.2) is 10.7 Å². The van der Waals surface area contributed by atoms with Crippen LogP contribution in [0, 0.1) is 28.1 Å². The zero-order valence-corrected chi connectivity index (χ0v) is 11.4. The van der Waals surface area contributed by atoms with Gasteiger partial charge in [0.05, 0.1) is 17.1 Å². The minimum atomic E-state index is -0.724. The summed E-state index contributed by atoms with van der Waals surface area (Å²) in [6.07, 6.45) is 6.82. The first-order chi connectivity index (χ1) is 7.89. The molecule has 96 valence electrons. The van der Waals surface area contributed by atoms with Crippen LogP contribution in [-0.2, 0) is 0 Å². The lowest BCUT2D eigenvalue weighted by atomic mass is 9.57. The van der Waals surface area contributed by atoms with Crippen LogP contribution in [0.2, 0.25) is 0 Å². The predicted molar refractivity (Wildman–Crippen MR) is 68.3 cm³/mol. The fourth-order valence-electron chi connectivity index (χ4n) is 3.57. The molecule has 0 radical (unpaired) electrons. The van der Waals surface area contributed by atoms with Crippen molar-refractivity contribution >= 4 is 0 Å². The van der Waals surface area contributed by atoms with Gasteiger partial charge in [0, 0.05) is 0 Å². The van der Waals surface area contributed by atoms with Gasteiger partial charge in [0.2, 0.25) is 0 Å². The Balaban J connectivity index is 2.23. The van der Waals surface area contributed by atoms with Crippen LogP contribution in [0.4, 0.5) is 0 Å². The second-order valence-electron chi connectivity index (χ2n) is 6.91. The topological polar surface area (TPSA) is 44.0 Å². The average molecular weight is 235 g/mol. The summed E-state index contributed by atoms with van der Waals surface area (Å²) in [6.45, 7) is 6.59. The van der Waals surface area contributed by atoms with E-state index in [1.807, 2.05) is 6.92 Å². The molecule has 1 N–H and O–H groups in total. The van der Waals surface area contributed by atoms with Crippen LogP contribution in [0.15, 0.2) is 0 Å². The summed E-state index contributed by atoms with van der Waals surface area (Å²) in [6, 6.07) is 2.52. The Morgan fingerprint density at radius 2 is 1.76 bits per heavy atom. The van der Waals surface area contributed by atoms with Crippen molar-refractivity contribution in [2.24, 2.45) is 16.7 Å². The number of nitriles is 1. The molecular formula is C15H25NO. The molecule has 0 amide bonds. The van der Waals surface area contributed by atoms with Gasteiger partial charge in [-0.05, 0) is 56.3 Å². The number of rotatable bonds is 3. The van der Waals surface area contributed by atoms with Crippen LogP contribution < -0.4 is 0 Å². The van der Waals surface area contributed by atoms with E-state index in [9.17, 15) is 10.4 Å². The van der Waals surface area contributed by atoms with Crippen molar-refractivity contribution in [2.45, 2.75) is 71.3 Å². The highest BCUT2D eigenvalue weighted by Gasteiger charge is 2.58. The highest BCUT2D eigenvalue weighted by Crippen LogP contribution is 2.58. The van der Waals surface area contributed by atoms with Crippen molar-refractivity contribution < 1.29 is 5.11 Å². The SMILES string of the molecule is CCC(O)(C1CC1)C1(C#N)CCC(C)(C)CC1. The summed E-state index contributed by atoms with van der Waals surface area (Å²) in [7, 11) is 0. The largest absolute Gasteiger partial charge is 0.388 e. The number of nitrogens with zero attached hydrogens (tertiary/aromatic N) is 1. The minimum absolute atomic E-state index is 0.346. The van der Waals surface area contributed by atoms with Gasteiger partial charge in [-0.1, -0.05) is 20.8 Å². The maximum absolute atomic E-state index is 11.0. The van der Waals surface area contributed by atoms with E-state index in [4.69, 9.17) is 0 Å². The molecule has 2 nitrogen and oxygen atoms in total. The number of aliphatic hydroxyl groups is 1. The summed E-state index contributed by atoms with van der Waals surface area (Å²) >= 11 is 0. The summed E-state index contributed by atoms with van der Waals surface area (Å²) in [5.41, 5.74) is -0.852. The highest BCUT2D eigenvalue weighted by molar-refractivity contribution is 5.17. The molecule has 0 aliphatic heterocycles. The quantitative estimate of drug-likeness (QED) is 0.811. The molecule has 2 aliphatic rings. The molecule has 0 aromatic rings. The molecule has 2 aliphatic carbocycles. The zero-order valence-electron chi connectivity index (χ0n) is 11.4. The normalized spacial score (nSPS) is 30.3. The molecule has 0 spiro atoms. The lowest BCUT2D eigenvalue weighted by molar-refractivity contribution is -0.104. The summed E-state index contributed by atoms with van der Waals surface area (Å²) in [5.74, 6) is 0.383.